The summed E-state index contributed by atoms with van der Waals surface area (Å²) in [5.74, 6) is 0.189. The lowest BCUT2D eigenvalue weighted by Gasteiger charge is -2.22. The van der Waals surface area contributed by atoms with Crippen LogP contribution < -0.4 is 0 Å². The van der Waals surface area contributed by atoms with E-state index in [2.05, 4.69) is 46.8 Å². The van der Waals surface area contributed by atoms with Crippen LogP contribution in [0.3, 0.4) is 0 Å². The standard InChI is InChI=1S/C24H32FNO/c1-6-7-8-9-10-20-22(18-11-13-19(25)14-12-18)21(15-27)24(17(4)5)26-23(20)16(2)3/h9-14,16-17,27H,6-8,15H2,1-5H3. The first-order valence-electron chi connectivity index (χ1n) is 10.0. The summed E-state index contributed by atoms with van der Waals surface area (Å²) in [4.78, 5) is 4.96. The summed E-state index contributed by atoms with van der Waals surface area (Å²) in [6, 6.07) is 6.54. The number of hydrogen-bond donors (Lipinski definition) is 1. The number of aliphatic hydroxyl groups excluding tert-OH is 1. The summed E-state index contributed by atoms with van der Waals surface area (Å²) < 4.78 is 13.5. The molecule has 0 saturated heterocycles. The van der Waals surface area contributed by atoms with Gasteiger partial charge in [0.1, 0.15) is 5.82 Å². The number of aromatic nitrogens is 1. The number of benzene rings is 1. The van der Waals surface area contributed by atoms with Gasteiger partial charge in [-0.05, 0) is 41.5 Å². The summed E-state index contributed by atoms with van der Waals surface area (Å²) in [7, 11) is 0. The first-order chi connectivity index (χ1) is 12.9. The molecule has 0 aliphatic carbocycles. The van der Waals surface area contributed by atoms with Crippen molar-refractivity contribution in [1.82, 2.24) is 4.98 Å². The van der Waals surface area contributed by atoms with E-state index in [1.807, 2.05) is 0 Å². The van der Waals surface area contributed by atoms with Gasteiger partial charge in [0, 0.05) is 16.8 Å². The highest BCUT2D eigenvalue weighted by Gasteiger charge is 2.22. The first kappa shape index (κ1) is 21.3. The Morgan fingerprint density at radius 2 is 1.67 bits per heavy atom. The van der Waals surface area contributed by atoms with Crippen molar-refractivity contribution in [1.29, 1.82) is 0 Å². The van der Waals surface area contributed by atoms with Crippen LogP contribution >= 0.6 is 0 Å². The third-order valence-electron chi connectivity index (χ3n) is 4.79. The van der Waals surface area contributed by atoms with Crippen LogP contribution in [0.5, 0.6) is 0 Å². The fourth-order valence-electron chi connectivity index (χ4n) is 3.39. The van der Waals surface area contributed by atoms with E-state index in [0.29, 0.717) is 0 Å². The lowest BCUT2D eigenvalue weighted by atomic mass is 9.87. The minimum absolute atomic E-state index is 0.0819. The van der Waals surface area contributed by atoms with Crippen LogP contribution in [0.15, 0.2) is 30.3 Å². The highest BCUT2D eigenvalue weighted by atomic mass is 19.1. The smallest absolute Gasteiger partial charge is 0.123 e. The summed E-state index contributed by atoms with van der Waals surface area (Å²) in [6.45, 7) is 10.6. The number of allylic oxidation sites excluding steroid dienone is 1. The Labute approximate surface area is 163 Å². The van der Waals surface area contributed by atoms with Crippen molar-refractivity contribution in [2.45, 2.75) is 72.3 Å². The van der Waals surface area contributed by atoms with Crippen molar-refractivity contribution in [2.24, 2.45) is 0 Å². The molecular formula is C24H32FNO. The Morgan fingerprint density at radius 1 is 1.04 bits per heavy atom. The molecular weight excluding hydrogens is 337 g/mol. The Morgan fingerprint density at radius 3 is 2.19 bits per heavy atom. The monoisotopic (exact) mass is 369 g/mol. The van der Waals surface area contributed by atoms with Gasteiger partial charge in [-0.2, -0.15) is 0 Å². The molecule has 2 rings (SSSR count). The second kappa shape index (κ2) is 9.80. The second-order valence-electron chi connectivity index (χ2n) is 7.67. The zero-order valence-corrected chi connectivity index (χ0v) is 17.2. The van der Waals surface area contributed by atoms with Crippen LogP contribution in [0.4, 0.5) is 4.39 Å². The minimum Gasteiger partial charge on any atom is -0.392 e. The Bertz CT molecular complexity index is 776. The number of unbranched alkanes of at least 4 members (excludes halogenated alkanes) is 2. The molecule has 1 aromatic carbocycles. The predicted molar refractivity (Wildman–Crippen MR) is 112 cm³/mol. The molecule has 3 heteroatoms. The number of hydrogen-bond acceptors (Lipinski definition) is 2. The van der Waals surface area contributed by atoms with Gasteiger partial charge < -0.3 is 5.11 Å². The third kappa shape index (κ3) is 5.04. The van der Waals surface area contributed by atoms with Crippen LogP contribution in [-0.4, -0.2) is 10.1 Å². The molecule has 1 aromatic heterocycles. The van der Waals surface area contributed by atoms with Crippen molar-refractivity contribution in [3.8, 4) is 11.1 Å². The van der Waals surface area contributed by atoms with Gasteiger partial charge in [-0.15, -0.1) is 0 Å². The quantitative estimate of drug-likeness (QED) is 0.517. The maximum atomic E-state index is 13.5. The van der Waals surface area contributed by atoms with E-state index in [-0.39, 0.29) is 24.3 Å². The van der Waals surface area contributed by atoms with Gasteiger partial charge in [-0.25, -0.2) is 4.39 Å². The van der Waals surface area contributed by atoms with Gasteiger partial charge in [0.2, 0.25) is 0 Å². The first-order valence-corrected chi connectivity index (χ1v) is 10.0. The molecule has 2 aromatic rings. The normalized spacial score (nSPS) is 11.9. The molecule has 0 fully saturated rings. The maximum absolute atomic E-state index is 13.5. The second-order valence-corrected chi connectivity index (χ2v) is 7.67. The van der Waals surface area contributed by atoms with Crippen molar-refractivity contribution in [3.63, 3.8) is 0 Å². The van der Waals surface area contributed by atoms with Crippen LogP contribution in [0.2, 0.25) is 0 Å². The summed E-state index contributed by atoms with van der Waals surface area (Å²) in [5.41, 5.74) is 5.74. The molecule has 0 aliphatic heterocycles. The Kier molecular flexibility index (Phi) is 7.73. The molecule has 146 valence electrons. The third-order valence-corrected chi connectivity index (χ3v) is 4.79. The zero-order valence-electron chi connectivity index (χ0n) is 17.2. The molecule has 0 aliphatic rings. The molecule has 0 saturated carbocycles. The average molecular weight is 370 g/mol. The topological polar surface area (TPSA) is 33.1 Å². The molecule has 27 heavy (non-hydrogen) atoms. The van der Waals surface area contributed by atoms with Gasteiger partial charge in [-0.3, -0.25) is 4.98 Å². The highest BCUT2D eigenvalue weighted by molar-refractivity contribution is 5.80. The van der Waals surface area contributed by atoms with Gasteiger partial charge in [-0.1, -0.05) is 71.7 Å². The summed E-state index contributed by atoms with van der Waals surface area (Å²) in [6.07, 6.45) is 7.63. The Hall–Kier alpha value is -2.00. The molecule has 0 amide bonds. The van der Waals surface area contributed by atoms with Crippen LogP contribution in [0, 0.1) is 5.82 Å². The number of nitrogens with zero attached hydrogens (tertiary/aromatic N) is 1. The zero-order chi connectivity index (χ0) is 20.0. The molecule has 0 unspecified atom stereocenters. The van der Waals surface area contributed by atoms with Crippen molar-refractivity contribution in [3.05, 3.63) is 58.7 Å². The van der Waals surface area contributed by atoms with Gasteiger partial charge in [0.05, 0.1) is 12.3 Å². The van der Waals surface area contributed by atoms with E-state index in [1.54, 1.807) is 12.1 Å². The van der Waals surface area contributed by atoms with Gasteiger partial charge in [0.15, 0.2) is 0 Å². The van der Waals surface area contributed by atoms with Crippen molar-refractivity contribution in [2.75, 3.05) is 0 Å². The lowest BCUT2D eigenvalue weighted by Crippen LogP contribution is -2.10. The van der Waals surface area contributed by atoms with Crippen LogP contribution in [0.1, 0.15) is 88.2 Å². The maximum Gasteiger partial charge on any atom is 0.123 e. The Balaban J connectivity index is 2.80. The molecule has 2 nitrogen and oxygen atoms in total. The molecule has 1 heterocycles. The fraction of sp³-hybridized carbons (Fsp3) is 0.458. The number of pyridine rings is 1. The number of rotatable bonds is 8. The molecule has 1 N–H and O–H groups in total. The van der Waals surface area contributed by atoms with E-state index in [4.69, 9.17) is 4.98 Å². The van der Waals surface area contributed by atoms with E-state index < -0.39 is 0 Å². The van der Waals surface area contributed by atoms with Crippen LogP contribution in [-0.2, 0) is 6.61 Å². The molecule has 0 atom stereocenters. The highest BCUT2D eigenvalue weighted by Crippen LogP contribution is 2.37. The minimum atomic E-state index is -0.258. The number of aliphatic hydroxyl groups is 1. The predicted octanol–water partition coefficient (Wildman–Crippen LogP) is 6.83. The van der Waals surface area contributed by atoms with Crippen molar-refractivity contribution < 1.29 is 9.50 Å². The molecule has 0 spiro atoms. The van der Waals surface area contributed by atoms with E-state index in [9.17, 15) is 9.50 Å². The average Bonchev–Trinajstić information content (AvgIpc) is 2.64. The van der Waals surface area contributed by atoms with E-state index in [0.717, 1.165) is 52.9 Å². The van der Waals surface area contributed by atoms with Crippen molar-refractivity contribution >= 4 is 6.08 Å². The van der Waals surface area contributed by atoms with Crippen LogP contribution in [0.25, 0.3) is 17.2 Å². The van der Waals surface area contributed by atoms with E-state index >= 15 is 0 Å². The van der Waals surface area contributed by atoms with E-state index in [1.165, 1.54) is 12.1 Å². The SMILES string of the molecule is CCCCC=Cc1c(C(C)C)nc(C(C)C)c(CO)c1-c1ccc(F)cc1. The lowest BCUT2D eigenvalue weighted by molar-refractivity contribution is 0.280. The summed E-state index contributed by atoms with van der Waals surface area (Å²) in [5, 5.41) is 10.2. The summed E-state index contributed by atoms with van der Waals surface area (Å²) >= 11 is 0. The van der Waals surface area contributed by atoms with Gasteiger partial charge in [0.25, 0.3) is 0 Å². The molecule has 0 radical (unpaired) electrons. The molecule has 0 bridgehead atoms. The largest absolute Gasteiger partial charge is 0.392 e. The fourth-order valence-corrected chi connectivity index (χ4v) is 3.39. The van der Waals surface area contributed by atoms with Gasteiger partial charge >= 0.3 is 0 Å². The number of halogens is 1.